The molecule has 0 saturated heterocycles. The molecule has 0 radical (unpaired) electrons. The highest BCUT2D eigenvalue weighted by atomic mass is 35.5. The highest BCUT2D eigenvalue weighted by Crippen LogP contribution is 2.28. The van der Waals surface area contributed by atoms with Crippen LogP contribution in [0.5, 0.6) is 0 Å². The summed E-state index contributed by atoms with van der Waals surface area (Å²) in [6.07, 6.45) is 1.02. The van der Waals surface area contributed by atoms with E-state index in [1.54, 1.807) is 7.11 Å². The summed E-state index contributed by atoms with van der Waals surface area (Å²) in [4.78, 5) is 0. The Balaban J connectivity index is 1.88. The number of para-hydroxylation sites is 1. The molecule has 0 bridgehead atoms. The SMILES string of the molecule is COCCCNCc1c(C)n(Cc2ccccc2Cl)c2ccccc12. The van der Waals surface area contributed by atoms with Crippen LogP contribution in [0.15, 0.2) is 48.5 Å². The Labute approximate surface area is 154 Å². The van der Waals surface area contributed by atoms with Crippen LogP contribution in [0.3, 0.4) is 0 Å². The minimum absolute atomic E-state index is 0.787. The Morgan fingerprint density at radius 1 is 1.08 bits per heavy atom. The number of nitrogens with one attached hydrogen (secondary N) is 1. The number of benzene rings is 2. The summed E-state index contributed by atoms with van der Waals surface area (Å²) >= 11 is 6.38. The second-order valence-electron chi connectivity index (χ2n) is 6.28. The second-order valence-corrected chi connectivity index (χ2v) is 6.69. The van der Waals surface area contributed by atoms with Gasteiger partial charge in [0.15, 0.2) is 0 Å². The molecule has 0 aliphatic carbocycles. The molecule has 1 heterocycles. The van der Waals surface area contributed by atoms with E-state index in [2.05, 4.69) is 47.1 Å². The van der Waals surface area contributed by atoms with Gasteiger partial charge in [0.1, 0.15) is 0 Å². The van der Waals surface area contributed by atoms with Crippen molar-refractivity contribution in [2.24, 2.45) is 0 Å². The molecule has 0 saturated carbocycles. The van der Waals surface area contributed by atoms with E-state index in [9.17, 15) is 0 Å². The van der Waals surface area contributed by atoms with Gasteiger partial charge in [-0.1, -0.05) is 48.0 Å². The van der Waals surface area contributed by atoms with Crippen molar-refractivity contribution in [2.45, 2.75) is 26.4 Å². The molecule has 3 rings (SSSR count). The van der Waals surface area contributed by atoms with Gasteiger partial charge in [-0.2, -0.15) is 0 Å². The Morgan fingerprint density at radius 3 is 2.64 bits per heavy atom. The molecule has 2 aromatic carbocycles. The molecule has 0 atom stereocenters. The lowest BCUT2D eigenvalue weighted by molar-refractivity contribution is 0.194. The van der Waals surface area contributed by atoms with Crippen molar-refractivity contribution in [2.75, 3.05) is 20.3 Å². The zero-order valence-electron chi connectivity index (χ0n) is 14.9. The van der Waals surface area contributed by atoms with Gasteiger partial charge in [-0.15, -0.1) is 0 Å². The van der Waals surface area contributed by atoms with Crippen molar-refractivity contribution < 1.29 is 4.74 Å². The first-order valence-electron chi connectivity index (χ1n) is 8.72. The normalized spacial score (nSPS) is 11.3. The Bertz CT molecular complexity index is 841. The first kappa shape index (κ1) is 18.0. The first-order valence-corrected chi connectivity index (χ1v) is 9.10. The summed E-state index contributed by atoms with van der Waals surface area (Å²) in [5.41, 5.74) is 5.06. The second kappa shape index (κ2) is 8.52. The highest BCUT2D eigenvalue weighted by Gasteiger charge is 2.14. The maximum absolute atomic E-state index is 6.38. The largest absolute Gasteiger partial charge is 0.385 e. The third kappa shape index (κ3) is 4.06. The maximum atomic E-state index is 6.38. The van der Waals surface area contributed by atoms with E-state index in [-0.39, 0.29) is 0 Å². The number of fused-ring (bicyclic) bond motifs is 1. The van der Waals surface area contributed by atoms with E-state index in [4.69, 9.17) is 16.3 Å². The van der Waals surface area contributed by atoms with Crippen LogP contribution in [0.25, 0.3) is 10.9 Å². The smallest absolute Gasteiger partial charge is 0.0493 e. The summed E-state index contributed by atoms with van der Waals surface area (Å²) in [5, 5.41) is 5.67. The van der Waals surface area contributed by atoms with Crippen molar-refractivity contribution in [3.05, 3.63) is 70.4 Å². The first-order chi connectivity index (χ1) is 12.2. The lowest BCUT2D eigenvalue weighted by Gasteiger charge is -2.11. The van der Waals surface area contributed by atoms with Gasteiger partial charge in [0.2, 0.25) is 0 Å². The minimum Gasteiger partial charge on any atom is -0.385 e. The lowest BCUT2D eigenvalue weighted by Crippen LogP contribution is -2.16. The minimum atomic E-state index is 0.787. The van der Waals surface area contributed by atoms with E-state index in [1.165, 1.54) is 22.2 Å². The molecule has 1 N–H and O–H groups in total. The van der Waals surface area contributed by atoms with E-state index >= 15 is 0 Å². The third-order valence-electron chi connectivity index (χ3n) is 4.65. The van der Waals surface area contributed by atoms with Gasteiger partial charge in [-0.3, -0.25) is 0 Å². The van der Waals surface area contributed by atoms with Gasteiger partial charge in [0, 0.05) is 48.4 Å². The molecule has 0 unspecified atom stereocenters. The van der Waals surface area contributed by atoms with Crippen LogP contribution in [-0.4, -0.2) is 24.8 Å². The molecule has 0 amide bonds. The number of ether oxygens (including phenoxy) is 1. The number of hydrogen-bond acceptors (Lipinski definition) is 2. The Hall–Kier alpha value is -1.81. The van der Waals surface area contributed by atoms with Crippen LogP contribution in [-0.2, 0) is 17.8 Å². The fraction of sp³-hybridized carbons (Fsp3) is 0.333. The van der Waals surface area contributed by atoms with Crippen molar-refractivity contribution >= 4 is 22.5 Å². The summed E-state index contributed by atoms with van der Waals surface area (Å²) in [6.45, 7) is 5.60. The van der Waals surface area contributed by atoms with Crippen LogP contribution in [0.1, 0.15) is 23.2 Å². The Kier molecular flexibility index (Phi) is 6.14. The average Bonchev–Trinajstić information content (AvgIpc) is 2.89. The van der Waals surface area contributed by atoms with Gasteiger partial charge in [0.25, 0.3) is 0 Å². The summed E-state index contributed by atoms with van der Waals surface area (Å²) in [5.74, 6) is 0. The molecule has 3 aromatic rings. The summed E-state index contributed by atoms with van der Waals surface area (Å²) in [7, 11) is 1.74. The quantitative estimate of drug-likeness (QED) is 0.588. The van der Waals surface area contributed by atoms with E-state index < -0.39 is 0 Å². The zero-order valence-corrected chi connectivity index (χ0v) is 15.6. The van der Waals surface area contributed by atoms with Gasteiger partial charge in [0.05, 0.1) is 0 Å². The molecular weight excluding hydrogens is 332 g/mol. The zero-order chi connectivity index (χ0) is 17.6. The fourth-order valence-corrected chi connectivity index (χ4v) is 3.48. The topological polar surface area (TPSA) is 26.2 Å². The highest BCUT2D eigenvalue weighted by molar-refractivity contribution is 6.31. The molecule has 0 spiro atoms. The monoisotopic (exact) mass is 356 g/mol. The predicted octanol–water partition coefficient (Wildman–Crippen LogP) is 4.78. The maximum Gasteiger partial charge on any atom is 0.0493 e. The molecular formula is C21H25ClN2O. The molecule has 25 heavy (non-hydrogen) atoms. The fourth-order valence-electron chi connectivity index (χ4n) is 3.28. The number of nitrogens with zero attached hydrogens (tertiary/aromatic N) is 1. The van der Waals surface area contributed by atoms with Crippen molar-refractivity contribution in [3.63, 3.8) is 0 Å². The number of rotatable bonds is 8. The van der Waals surface area contributed by atoms with Crippen molar-refractivity contribution in [1.29, 1.82) is 0 Å². The van der Waals surface area contributed by atoms with Crippen LogP contribution in [0.4, 0.5) is 0 Å². The third-order valence-corrected chi connectivity index (χ3v) is 5.02. The van der Waals surface area contributed by atoms with Crippen LogP contribution in [0.2, 0.25) is 5.02 Å². The molecule has 1 aromatic heterocycles. The van der Waals surface area contributed by atoms with Crippen LogP contribution >= 0.6 is 11.6 Å². The summed E-state index contributed by atoms with van der Waals surface area (Å²) < 4.78 is 7.48. The molecule has 4 heteroatoms. The molecule has 0 aliphatic heterocycles. The average molecular weight is 357 g/mol. The molecule has 0 aliphatic rings. The van der Waals surface area contributed by atoms with E-state index in [0.29, 0.717) is 0 Å². The molecule has 0 fully saturated rings. The van der Waals surface area contributed by atoms with Crippen LogP contribution < -0.4 is 5.32 Å². The number of aromatic nitrogens is 1. The molecule has 3 nitrogen and oxygen atoms in total. The Morgan fingerprint density at radius 2 is 1.84 bits per heavy atom. The lowest BCUT2D eigenvalue weighted by atomic mass is 10.1. The number of halogens is 1. The standard InChI is InChI=1S/C21H25ClN2O/c1-16-19(14-23-12-7-13-25-2)18-9-4-6-11-21(18)24(16)15-17-8-3-5-10-20(17)22/h3-6,8-11,23H,7,12-15H2,1-2H3. The van der Waals surface area contributed by atoms with Crippen molar-refractivity contribution in [1.82, 2.24) is 9.88 Å². The number of hydrogen-bond donors (Lipinski definition) is 1. The van der Waals surface area contributed by atoms with Gasteiger partial charge in [-0.25, -0.2) is 0 Å². The predicted molar refractivity (Wildman–Crippen MR) is 105 cm³/mol. The van der Waals surface area contributed by atoms with Crippen molar-refractivity contribution in [3.8, 4) is 0 Å². The van der Waals surface area contributed by atoms with E-state index in [0.717, 1.165) is 43.2 Å². The van der Waals surface area contributed by atoms with E-state index in [1.807, 2.05) is 18.2 Å². The molecule has 132 valence electrons. The van der Waals surface area contributed by atoms with Gasteiger partial charge >= 0.3 is 0 Å². The number of methoxy groups -OCH3 is 1. The van der Waals surface area contributed by atoms with Gasteiger partial charge in [-0.05, 0) is 43.1 Å². The van der Waals surface area contributed by atoms with Gasteiger partial charge < -0.3 is 14.6 Å². The van der Waals surface area contributed by atoms with Crippen LogP contribution in [0, 0.1) is 6.92 Å². The summed E-state index contributed by atoms with van der Waals surface area (Å²) in [6, 6.07) is 16.7.